The smallest absolute Gasteiger partial charge is 0.229 e. The van der Waals surface area contributed by atoms with Gasteiger partial charge in [-0.25, -0.2) is 4.98 Å². The summed E-state index contributed by atoms with van der Waals surface area (Å²) in [6.07, 6.45) is 10.8. The number of nitrogens with zero attached hydrogens (tertiary/aromatic N) is 8. The third-order valence-corrected chi connectivity index (χ3v) is 6.95. The monoisotopic (exact) mass is 487 g/mol. The van der Waals surface area contributed by atoms with E-state index in [1.54, 1.807) is 17.1 Å². The van der Waals surface area contributed by atoms with Crippen LogP contribution in [0.1, 0.15) is 38.5 Å². The van der Waals surface area contributed by atoms with Gasteiger partial charge < -0.3 is 15.0 Å². The van der Waals surface area contributed by atoms with E-state index >= 15 is 0 Å². The van der Waals surface area contributed by atoms with Gasteiger partial charge in [0.2, 0.25) is 11.9 Å². The molecule has 0 radical (unpaired) electrons. The van der Waals surface area contributed by atoms with E-state index in [-0.39, 0.29) is 5.91 Å². The van der Waals surface area contributed by atoms with Gasteiger partial charge in [-0.15, -0.1) is 5.10 Å². The standard InChI is InChI=1S/C25H29N9O2/c35-23-3-1-2-14-36-21-6-4-20(5-7-21)34-24-22(30-31-34)16-26-25(29-24)28-19-15-27-33(17-19)13-10-18-8-11-32(23)12-9-18/h4-7,15-18H,1-3,8-14H2,(H,26,28,29). The Bertz CT molecular complexity index is 1340. The van der Waals surface area contributed by atoms with E-state index in [1.807, 2.05) is 40.0 Å². The van der Waals surface area contributed by atoms with Gasteiger partial charge in [-0.1, -0.05) is 5.21 Å². The number of amides is 1. The second-order valence-corrected chi connectivity index (χ2v) is 9.43. The van der Waals surface area contributed by atoms with Gasteiger partial charge in [-0.2, -0.15) is 14.8 Å². The molecule has 1 saturated heterocycles. The average molecular weight is 488 g/mol. The zero-order chi connectivity index (χ0) is 24.3. The number of rotatable bonds is 0. The van der Waals surface area contributed by atoms with Gasteiger partial charge in [0.05, 0.1) is 30.4 Å². The molecule has 1 aromatic carbocycles. The van der Waals surface area contributed by atoms with Crippen LogP contribution in [0.2, 0.25) is 0 Å². The molecule has 1 amide bonds. The molecule has 4 aromatic rings. The number of carbonyl (C=O) groups excluding carboxylic acids is 1. The molecule has 3 aromatic heterocycles. The molecule has 186 valence electrons. The Morgan fingerprint density at radius 3 is 2.69 bits per heavy atom. The summed E-state index contributed by atoms with van der Waals surface area (Å²) in [6.45, 7) is 3.12. The van der Waals surface area contributed by atoms with E-state index in [0.29, 0.717) is 36.1 Å². The molecule has 9 rings (SSSR count). The van der Waals surface area contributed by atoms with E-state index in [0.717, 1.165) is 68.9 Å². The maximum absolute atomic E-state index is 12.6. The molecule has 0 unspecified atom stereocenters. The van der Waals surface area contributed by atoms with Crippen molar-refractivity contribution in [1.29, 1.82) is 0 Å². The maximum atomic E-state index is 12.6. The van der Waals surface area contributed by atoms with E-state index in [2.05, 4.69) is 30.7 Å². The quantitative estimate of drug-likeness (QED) is 0.402. The van der Waals surface area contributed by atoms with Crippen molar-refractivity contribution in [3.8, 4) is 11.4 Å². The highest BCUT2D eigenvalue weighted by atomic mass is 16.5. The third-order valence-electron chi connectivity index (χ3n) is 6.95. The van der Waals surface area contributed by atoms with Crippen LogP contribution >= 0.6 is 0 Å². The van der Waals surface area contributed by atoms with E-state index < -0.39 is 0 Å². The Hall–Kier alpha value is -4.02. The van der Waals surface area contributed by atoms with Crippen LogP contribution in [0.5, 0.6) is 5.75 Å². The average Bonchev–Trinajstić information content (AvgIpc) is 3.54. The molecule has 5 aliphatic rings. The van der Waals surface area contributed by atoms with Crippen molar-refractivity contribution in [2.75, 3.05) is 25.0 Å². The molecule has 11 nitrogen and oxygen atoms in total. The van der Waals surface area contributed by atoms with Crippen LogP contribution in [-0.4, -0.2) is 65.2 Å². The summed E-state index contributed by atoms with van der Waals surface area (Å²) in [6, 6.07) is 7.67. The first-order valence-electron chi connectivity index (χ1n) is 12.6. The Balaban J connectivity index is 1.24. The molecule has 1 fully saturated rings. The fraction of sp³-hybridized carbons (Fsp3) is 0.440. The van der Waals surface area contributed by atoms with Gasteiger partial charge in [0.1, 0.15) is 5.75 Å². The van der Waals surface area contributed by atoms with E-state index in [9.17, 15) is 4.79 Å². The number of aryl methyl sites for hydroxylation is 1. The van der Waals surface area contributed by atoms with Crippen molar-refractivity contribution in [3.63, 3.8) is 0 Å². The Morgan fingerprint density at radius 1 is 1.00 bits per heavy atom. The van der Waals surface area contributed by atoms with Crippen molar-refractivity contribution >= 4 is 28.7 Å². The third kappa shape index (κ3) is 4.86. The minimum absolute atomic E-state index is 0.264. The van der Waals surface area contributed by atoms with Crippen molar-refractivity contribution < 1.29 is 9.53 Å². The van der Waals surface area contributed by atoms with Gasteiger partial charge >= 0.3 is 0 Å². The van der Waals surface area contributed by atoms with Crippen molar-refractivity contribution in [2.45, 2.75) is 45.1 Å². The second-order valence-electron chi connectivity index (χ2n) is 9.43. The predicted octanol–water partition coefficient (Wildman–Crippen LogP) is 3.34. The van der Waals surface area contributed by atoms with Crippen LogP contribution in [0.3, 0.4) is 0 Å². The summed E-state index contributed by atoms with van der Waals surface area (Å²) in [7, 11) is 0. The maximum Gasteiger partial charge on any atom is 0.229 e. The predicted molar refractivity (Wildman–Crippen MR) is 133 cm³/mol. The first kappa shape index (κ1) is 22.4. The van der Waals surface area contributed by atoms with E-state index in [1.165, 1.54) is 0 Å². The molecule has 0 spiro atoms. The van der Waals surface area contributed by atoms with Crippen molar-refractivity contribution in [3.05, 3.63) is 42.9 Å². The number of aromatic nitrogens is 7. The first-order chi connectivity index (χ1) is 17.7. The van der Waals surface area contributed by atoms with Crippen molar-refractivity contribution in [2.24, 2.45) is 5.92 Å². The van der Waals surface area contributed by atoms with Gasteiger partial charge in [0.15, 0.2) is 11.2 Å². The van der Waals surface area contributed by atoms with Gasteiger partial charge in [0.25, 0.3) is 0 Å². The first-order valence-corrected chi connectivity index (χ1v) is 12.6. The van der Waals surface area contributed by atoms with Crippen LogP contribution in [0.15, 0.2) is 42.9 Å². The molecular formula is C25H29N9O2. The van der Waals surface area contributed by atoms with Crippen LogP contribution in [0, 0.1) is 5.92 Å². The van der Waals surface area contributed by atoms with Crippen LogP contribution in [-0.2, 0) is 11.3 Å². The summed E-state index contributed by atoms with van der Waals surface area (Å²) in [5.41, 5.74) is 2.87. The molecule has 0 saturated carbocycles. The summed E-state index contributed by atoms with van der Waals surface area (Å²) in [5, 5.41) is 16.2. The zero-order valence-corrected chi connectivity index (χ0v) is 20.1. The lowest BCUT2D eigenvalue weighted by molar-refractivity contribution is -0.132. The molecule has 0 atom stereocenters. The fourth-order valence-corrected chi connectivity index (χ4v) is 4.84. The number of piperidine rings is 1. The number of nitrogens with one attached hydrogen (secondary N) is 1. The lowest BCUT2D eigenvalue weighted by Crippen LogP contribution is -2.38. The molecule has 8 heterocycles. The Morgan fingerprint density at radius 2 is 1.83 bits per heavy atom. The number of benzene rings is 1. The molecule has 5 aliphatic heterocycles. The number of carbonyl (C=O) groups is 1. The lowest BCUT2D eigenvalue weighted by atomic mass is 9.93. The van der Waals surface area contributed by atoms with Crippen LogP contribution in [0.25, 0.3) is 16.9 Å². The number of hydrogen-bond donors (Lipinski definition) is 1. The second kappa shape index (κ2) is 9.92. The van der Waals surface area contributed by atoms with Gasteiger partial charge in [0, 0.05) is 32.3 Å². The minimum Gasteiger partial charge on any atom is -0.494 e. The summed E-state index contributed by atoms with van der Waals surface area (Å²) in [4.78, 5) is 23.7. The summed E-state index contributed by atoms with van der Waals surface area (Å²) >= 11 is 0. The van der Waals surface area contributed by atoms with Crippen molar-refractivity contribution in [1.82, 2.24) is 39.6 Å². The molecule has 1 N–H and O–H groups in total. The lowest BCUT2D eigenvalue weighted by Gasteiger charge is -2.32. The SMILES string of the molecule is O=C1CCCCOc2ccc(cc2)-n2nnc3cnc(nc32)Nc2cnn(c2)CCC2CCN1CC2. The summed E-state index contributed by atoms with van der Waals surface area (Å²) in [5.74, 6) is 2.11. The topological polar surface area (TPSA) is 116 Å². The summed E-state index contributed by atoms with van der Waals surface area (Å²) < 4.78 is 9.53. The normalized spacial score (nSPS) is 17.8. The number of hydrogen-bond acceptors (Lipinski definition) is 8. The minimum atomic E-state index is 0.264. The van der Waals surface area contributed by atoms with Gasteiger partial charge in [-0.3, -0.25) is 9.48 Å². The molecule has 8 bridgehead atoms. The van der Waals surface area contributed by atoms with Gasteiger partial charge in [-0.05, 0) is 62.3 Å². The van der Waals surface area contributed by atoms with Crippen LogP contribution < -0.4 is 10.1 Å². The van der Waals surface area contributed by atoms with E-state index in [4.69, 9.17) is 4.74 Å². The fourth-order valence-electron chi connectivity index (χ4n) is 4.84. The molecule has 36 heavy (non-hydrogen) atoms. The number of ether oxygens (including phenoxy) is 1. The molecular weight excluding hydrogens is 458 g/mol. The Labute approximate surface area is 208 Å². The molecule has 11 heteroatoms. The molecule has 0 aliphatic carbocycles. The van der Waals surface area contributed by atoms with Crippen LogP contribution in [0.4, 0.5) is 11.6 Å². The zero-order valence-electron chi connectivity index (χ0n) is 20.1. The highest BCUT2D eigenvalue weighted by molar-refractivity contribution is 5.76. The highest BCUT2D eigenvalue weighted by Crippen LogP contribution is 2.23. The highest BCUT2D eigenvalue weighted by Gasteiger charge is 2.22. The Kier molecular flexibility index (Phi) is 6.18. The number of anilines is 2. The largest absolute Gasteiger partial charge is 0.494 e.